The van der Waals surface area contributed by atoms with Gasteiger partial charge < -0.3 is 39.4 Å². The number of aliphatic imine (C=N–C) groups is 4. The molecule has 0 saturated heterocycles. The molecule has 1 heterocycles. The summed E-state index contributed by atoms with van der Waals surface area (Å²) in [6.07, 6.45) is 8.84. The third kappa shape index (κ3) is 17.6. The van der Waals surface area contributed by atoms with E-state index >= 15 is 0 Å². The first-order chi connectivity index (χ1) is 40.4. The molecule has 7 rings (SSSR count). The number of carbonyl (C=O) groups is 4. The lowest BCUT2D eigenvalue weighted by atomic mass is 9.85. The average molecular weight is 1170 g/mol. The van der Waals surface area contributed by atoms with Crippen LogP contribution < -0.4 is 18.9 Å². The molecule has 0 aromatic heterocycles. The lowest BCUT2D eigenvalue weighted by molar-refractivity contribution is -0.136. The number of esters is 4. The van der Waals surface area contributed by atoms with Crippen LogP contribution in [0.2, 0.25) is 0 Å². The Morgan fingerprint density at radius 3 is 0.698 bits per heavy atom. The molecular formula is C70H80N4O12. The van der Waals surface area contributed by atoms with Gasteiger partial charge in [-0.15, -0.1) is 0 Å². The van der Waals surface area contributed by atoms with Gasteiger partial charge in [0.2, 0.25) is 0 Å². The molecule has 0 radical (unpaired) electrons. The maximum absolute atomic E-state index is 13.3. The highest BCUT2D eigenvalue weighted by atomic mass is 16.5. The Kier molecular flexibility index (Phi) is 20.6. The number of aromatic hydroxyl groups is 4. The Morgan fingerprint density at radius 1 is 0.314 bits per heavy atom. The van der Waals surface area contributed by atoms with Crippen LogP contribution in [0, 0.1) is 0 Å². The molecule has 16 heteroatoms. The second-order valence-electron chi connectivity index (χ2n) is 25.7. The molecule has 0 fully saturated rings. The predicted molar refractivity (Wildman–Crippen MR) is 338 cm³/mol. The fraction of sp³-hybridized carbons (Fsp3) is 0.371. The largest absolute Gasteiger partial charge is 0.507 e. The minimum Gasteiger partial charge on any atom is -0.507 e. The standard InChI is InChI=1S/C70H80N4O12/c1-67(2,3)51-35-47-31-43(63(51)79)39-71-55-23-19-20-24-56(55)72-40-44-32-48(36-52(64(44)80)68(4,5)6)85-61(77)29-17-14-18-30-62(78)86-50-34-46(66(82)54(38-50)70(10,11)12)42-74-58-26-22-21-25-57(58)73-41-45-33-49(37-53(65(45)81)69(7,8)9)84-60(76)28-16-13-15-27-59(75)83-47/h19-26,31-42,79-82H,13-18,27-30H2,1-12H3/b71-39+,72-40+,73-41+,74-42+. The van der Waals surface area contributed by atoms with E-state index in [4.69, 9.17) is 38.9 Å². The number of nitrogens with zero attached hydrogens (tertiary/aromatic N) is 4. The van der Waals surface area contributed by atoms with E-state index < -0.39 is 45.5 Å². The normalized spacial score (nSPS) is 16.7. The number of para-hydroxylation sites is 4. The topological polar surface area (TPSA) is 236 Å². The molecule has 16 nitrogen and oxygen atoms in total. The van der Waals surface area contributed by atoms with E-state index in [1.165, 1.54) is 49.1 Å². The molecule has 0 atom stereocenters. The van der Waals surface area contributed by atoms with Gasteiger partial charge in [-0.25, -0.2) is 0 Å². The van der Waals surface area contributed by atoms with Gasteiger partial charge in [-0.05, 0) is 120 Å². The molecule has 0 saturated carbocycles. The van der Waals surface area contributed by atoms with Gasteiger partial charge in [0.1, 0.15) is 46.0 Å². The van der Waals surface area contributed by atoms with E-state index in [2.05, 4.69) is 0 Å². The van der Waals surface area contributed by atoms with Crippen molar-refractivity contribution in [2.75, 3.05) is 0 Å². The molecule has 6 aromatic carbocycles. The molecule has 452 valence electrons. The molecule has 0 amide bonds. The summed E-state index contributed by atoms with van der Waals surface area (Å²) in [5.74, 6) is -1.28. The van der Waals surface area contributed by atoms with Crippen LogP contribution >= 0.6 is 0 Å². The van der Waals surface area contributed by atoms with Gasteiger partial charge in [-0.3, -0.25) is 39.1 Å². The van der Waals surface area contributed by atoms with E-state index in [1.807, 2.05) is 83.1 Å². The van der Waals surface area contributed by atoms with Crippen molar-refractivity contribution >= 4 is 71.5 Å². The van der Waals surface area contributed by atoms with Crippen LogP contribution in [0.1, 0.15) is 192 Å². The lowest BCUT2D eigenvalue weighted by Gasteiger charge is -2.22. The van der Waals surface area contributed by atoms with Gasteiger partial charge in [-0.2, -0.15) is 0 Å². The van der Waals surface area contributed by atoms with Gasteiger partial charge in [0.15, 0.2) is 0 Å². The SMILES string of the molecule is CC(C)(C)c1cc2cc(c1O)/C=N/c1ccccc1/N=C/c1cc(cc(C(C)(C)C)c1O)OC(=O)CCCCCC(=O)Oc1cc(c(O)c(C(C)(C)C)c1)/C=N/c1ccccc1/N=C/c1cc(cc(C(C)(C)C)c1O)OC(=O)CCCCCC(=O)O2. The van der Waals surface area contributed by atoms with Gasteiger partial charge in [0.05, 0.1) is 22.7 Å². The molecule has 1 aliphatic rings. The molecule has 4 N–H and O–H groups in total. The van der Waals surface area contributed by atoms with E-state index in [-0.39, 0.29) is 71.7 Å². The lowest BCUT2D eigenvalue weighted by Crippen LogP contribution is -2.14. The third-order valence-corrected chi connectivity index (χ3v) is 14.3. The summed E-state index contributed by atoms with van der Waals surface area (Å²) in [5.41, 5.74) is 2.73. The monoisotopic (exact) mass is 1170 g/mol. The first-order valence-electron chi connectivity index (χ1n) is 29.1. The Hall–Kier alpha value is -8.92. The molecule has 0 spiro atoms. The number of phenols is 4. The van der Waals surface area contributed by atoms with Crippen molar-refractivity contribution in [2.24, 2.45) is 20.0 Å². The van der Waals surface area contributed by atoms with Crippen molar-refractivity contribution < 1.29 is 58.6 Å². The van der Waals surface area contributed by atoms with Crippen molar-refractivity contribution in [3.63, 3.8) is 0 Å². The summed E-state index contributed by atoms with van der Waals surface area (Å²) < 4.78 is 23.4. The zero-order valence-corrected chi connectivity index (χ0v) is 51.5. The smallest absolute Gasteiger partial charge is 0.311 e. The van der Waals surface area contributed by atoms with Crippen molar-refractivity contribution in [1.82, 2.24) is 0 Å². The molecule has 86 heavy (non-hydrogen) atoms. The minimum absolute atomic E-state index is 0.0395. The highest BCUT2D eigenvalue weighted by molar-refractivity contribution is 5.93. The van der Waals surface area contributed by atoms with Crippen molar-refractivity contribution in [3.8, 4) is 46.0 Å². The van der Waals surface area contributed by atoms with Crippen molar-refractivity contribution in [2.45, 2.75) is 169 Å². The summed E-state index contributed by atoms with van der Waals surface area (Å²) in [6.45, 7) is 23.1. The number of fused-ring (bicyclic) bond motifs is 10. The maximum Gasteiger partial charge on any atom is 0.311 e. The second-order valence-corrected chi connectivity index (χ2v) is 25.7. The fourth-order valence-electron chi connectivity index (χ4n) is 9.52. The van der Waals surface area contributed by atoms with Gasteiger partial charge >= 0.3 is 23.9 Å². The zero-order valence-electron chi connectivity index (χ0n) is 51.5. The quantitative estimate of drug-likeness (QED) is 0.0821. The summed E-state index contributed by atoms with van der Waals surface area (Å²) in [6, 6.07) is 26.8. The van der Waals surface area contributed by atoms with Crippen LogP contribution in [0.3, 0.4) is 0 Å². The van der Waals surface area contributed by atoms with Crippen molar-refractivity contribution in [1.29, 1.82) is 0 Å². The first kappa shape index (κ1) is 64.6. The van der Waals surface area contributed by atoms with Gasteiger partial charge in [-0.1, -0.05) is 120 Å². The first-order valence-corrected chi connectivity index (χ1v) is 29.1. The number of phenolic OH excluding ortho intramolecular Hbond substituents is 4. The zero-order chi connectivity index (χ0) is 62.7. The average Bonchev–Trinajstić information content (AvgIpc) is 2.57. The highest BCUT2D eigenvalue weighted by Gasteiger charge is 2.27. The Balaban J connectivity index is 1.19. The molecule has 0 aliphatic carbocycles. The van der Waals surface area contributed by atoms with Crippen LogP contribution in [0.15, 0.2) is 117 Å². The van der Waals surface area contributed by atoms with E-state index in [1.54, 1.807) is 72.8 Å². The van der Waals surface area contributed by atoms with Crippen LogP contribution in [0.5, 0.6) is 46.0 Å². The fourth-order valence-corrected chi connectivity index (χ4v) is 9.52. The molecule has 1 aliphatic heterocycles. The summed E-state index contributed by atoms with van der Waals surface area (Å²) in [5, 5.41) is 46.2. The van der Waals surface area contributed by atoms with Crippen LogP contribution in [-0.2, 0) is 40.8 Å². The summed E-state index contributed by atoms with van der Waals surface area (Å²) >= 11 is 0. The highest BCUT2D eigenvalue weighted by Crippen LogP contribution is 2.42. The molecule has 8 bridgehead atoms. The Morgan fingerprint density at radius 2 is 0.512 bits per heavy atom. The van der Waals surface area contributed by atoms with E-state index in [0.717, 1.165) is 0 Å². The number of rotatable bonds is 0. The number of hydrogen-bond donors (Lipinski definition) is 4. The van der Waals surface area contributed by atoms with Crippen LogP contribution in [0.25, 0.3) is 0 Å². The maximum atomic E-state index is 13.3. The van der Waals surface area contributed by atoms with E-state index in [0.29, 0.717) is 106 Å². The number of carbonyl (C=O) groups excluding carboxylic acids is 4. The number of ether oxygens (including phenoxy) is 4. The predicted octanol–water partition coefficient (Wildman–Crippen LogP) is 15.9. The minimum atomic E-state index is -0.561. The van der Waals surface area contributed by atoms with Gasteiger partial charge in [0.25, 0.3) is 0 Å². The molecular weight excluding hydrogens is 1090 g/mol. The van der Waals surface area contributed by atoms with E-state index in [9.17, 15) is 39.6 Å². The van der Waals surface area contributed by atoms with Crippen LogP contribution in [0.4, 0.5) is 22.7 Å². The van der Waals surface area contributed by atoms with Gasteiger partial charge in [0, 0.05) is 95.0 Å². The summed E-state index contributed by atoms with van der Waals surface area (Å²) in [7, 11) is 0. The van der Waals surface area contributed by atoms with Crippen LogP contribution in [-0.4, -0.2) is 69.2 Å². The third-order valence-electron chi connectivity index (χ3n) is 14.3. The Labute approximate surface area is 504 Å². The summed E-state index contributed by atoms with van der Waals surface area (Å²) in [4.78, 5) is 72.2. The van der Waals surface area contributed by atoms with Crippen molar-refractivity contribution in [3.05, 3.63) is 142 Å². The Bertz CT molecular complexity index is 3150. The number of hydrogen-bond acceptors (Lipinski definition) is 16. The molecule has 6 aromatic rings. The molecule has 0 unspecified atom stereocenters. The second kappa shape index (κ2) is 27.4. The number of benzene rings is 6.